The Labute approximate surface area is 373 Å². The van der Waals surface area contributed by atoms with Gasteiger partial charge in [-0.25, -0.2) is 15.0 Å². The molecule has 1 aliphatic rings. The Morgan fingerprint density at radius 3 is 2.08 bits per heavy atom. The minimum absolute atomic E-state index is 0.210. The number of aromatic nitrogens is 7. The number of amides is 4. The number of nitrogens with two attached hydrogens (primary N) is 2. The fourth-order valence-corrected chi connectivity index (χ4v) is 9.19. The third-order valence-corrected chi connectivity index (χ3v) is 12.6. The molecule has 5 heterocycles. The molecule has 6 N–H and O–H groups in total. The summed E-state index contributed by atoms with van der Waals surface area (Å²) in [6.45, 7) is 13.7. The third kappa shape index (κ3) is 9.93. The highest BCUT2D eigenvalue weighted by atomic mass is 32.2. The van der Waals surface area contributed by atoms with Crippen molar-refractivity contribution in [3.05, 3.63) is 80.6 Å². The molecule has 7 rings (SSSR count). The van der Waals surface area contributed by atoms with Gasteiger partial charge in [-0.3, -0.25) is 34.5 Å². The summed E-state index contributed by atoms with van der Waals surface area (Å²) in [6.07, 6.45) is 7.06. The van der Waals surface area contributed by atoms with Crippen LogP contribution in [-0.4, -0.2) is 120 Å². The van der Waals surface area contributed by atoms with Crippen molar-refractivity contribution in [3.63, 3.8) is 0 Å². The van der Waals surface area contributed by atoms with Crippen LogP contribution in [-0.2, 0) is 26.1 Å². The molecule has 1 aliphatic heterocycles. The van der Waals surface area contributed by atoms with Crippen molar-refractivity contribution >= 4 is 80.7 Å². The van der Waals surface area contributed by atoms with Crippen LogP contribution in [0.15, 0.2) is 47.4 Å². The Balaban J connectivity index is 1.24. The first-order valence-electron chi connectivity index (χ1n) is 20.8. The first-order chi connectivity index (χ1) is 30.3. The molecule has 63 heavy (non-hydrogen) atoms. The first-order valence-corrected chi connectivity index (χ1v) is 22.9. The van der Waals surface area contributed by atoms with Gasteiger partial charge in [-0.1, -0.05) is 19.1 Å². The summed E-state index contributed by atoms with van der Waals surface area (Å²) in [6, 6.07) is 8.26. The van der Waals surface area contributed by atoms with Crippen LogP contribution in [0.2, 0.25) is 0 Å². The first kappa shape index (κ1) is 44.9. The van der Waals surface area contributed by atoms with Gasteiger partial charge < -0.3 is 35.1 Å². The monoisotopic (exact) mass is 895 g/mol. The molecule has 1 saturated heterocycles. The molecule has 0 spiro atoms. The third-order valence-electron chi connectivity index (χ3n) is 10.8. The quantitative estimate of drug-likeness (QED) is 0.0512. The highest BCUT2D eigenvalue weighted by Gasteiger charge is 2.24. The molecule has 20 heteroatoms. The summed E-state index contributed by atoms with van der Waals surface area (Å²) in [4.78, 5) is 72.6. The average molecular weight is 896 g/mol. The van der Waals surface area contributed by atoms with E-state index in [0.717, 1.165) is 49.0 Å². The van der Waals surface area contributed by atoms with Crippen molar-refractivity contribution in [2.45, 2.75) is 65.1 Å². The molecule has 18 nitrogen and oxygen atoms in total. The number of primary amides is 2. The molecule has 4 aromatic heterocycles. The van der Waals surface area contributed by atoms with E-state index >= 15 is 0 Å². The largest absolute Gasteiger partial charge is 0.491 e. The number of ether oxygens (including phenoxy) is 1. The second-order valence-corrected chi connectivity index (χ2v) is 17.3. The van der Waals surface area contributed by atoms with Crippen LogP contribution in [0, 0.1) is 13.8 Å². The highest BCUT2D eigenvalue weighted by molar-refractivity contribution is 7.98. The van der Waals surface area contributed by atoms with Crippen LogP contribution in [0.4, 0.5) is 11.9 Å². The zero-order chi connectivity index (χ0) is 44.9. The average Bonchev–Trinajstić information content (AvgIpc) is 4.03. The van der Waals surface area contributed by atoms with Gasteiger partial charge in [0.2, 0.25) is 23.7 Å². The predicted molar refractivity (Wildman–Crippen MR) is 246 cm³/mol. The maximum Gasteiger partial charge on any atom is 0.276 e. The molecule has 332 valence electrons. The van der Waals surface area contributed by atoms with E-state index in [1.807, 2.05) is 55.2 Å². The number of piperazine rings is 1. The number of thioether (sulfide) groups is 1. The van der Waals surface area contributed by atoms with Crippen LogP contribution < -0.4 is 26.8 Å². The second kappa shape index (κ2) is 19.5. The van der Waals surface area contributed by atoms with Gasteiger partial charge in [-0.2, -0.15) is 5.10 Å². The lowest BCUT2D eigenvalue weighted by Gasteiger charge is -2.32. The van der Waals surface area contributed by atoms with Crippen molar-refractivity contribution in [2.24, 2.45) is 11.5 Å². The molecule has 0 unspecified atom stereocenters. The summed E-state index contributed by atoms with van der Waals surface area (Å²) >= 11 is 2.74. The Bertz CT molecular complexity index is 2720. The van der Waals surface area contributed by atoms with Crippen molar-refractivity contribution in [3.8, 4) is 5.75 Å². The lowest BCUT2D eigenvalue weighted by Crippen LogP contribution is -2.44. The second-order valence-electron chi connectivity index (χ2n) is 15.3. The smallest absolute Gasteiger partial charge is 0.276 e. The van der Waals surface area contributed by atoms with E-state index in [-0.39, 0.29) is 36.5 Å². The van der Waals surface area contributed by atoms with Gasteiger partial charge in [-0.05, 0) is 77.2 Å². The number of imidazole rings is 2. The molecular formula is C43H53N13O5S2. The molecule has 0 aliphatic carbocycles. The van der Waals surface area contributed by atoms with Gasteiger partial charge in [0.25, 0.3) is 11.8 Å². The topological polar surface area (TPSA) is 226 Å². The fourth-order valence-electron chi connectivity index (χ4n) is 7.64. The number of benzene rings is 2. The molecule has 0 saturated carbocycles. The summed E-state index contributed by atoms with van der Waals surface area (Å²) < 4.78 is 11.7. The number of fused-ring (bicyclic) bond motifs is 2. The number of nitrogens with zero attached hydrogens (tertiary/aromatic N) is 9. The number of carbonyl (C=O) groups excluding carboxylic acids is 4. The van der Waals surface area contributed by atoms with E-state index < -0.39 is 17.7 Å². The van der Waals surface area contributed by atoms with Crippen molar-refractivity contribution < 1.29 is 23.9 Å². The van der Waals surface area contributed by atoms with Gasteiger partial charge in [-0.15, -0.1) is 23.1 Å². The Hall–Kier alpha value is -6.09. The Kier molecular flexibility index (Phi) is 13.9. The molecule has 4 amide bonds. The molecular weight excluding hydrogens is 843 g/mol. The van der Waals surface area contributed by atoms with Crippen molar-refractivity contribution in [2.75, 3.05) is 63.3 Å². The number of allylic oxidation sites excluding steroid dienone is 2. The predicted octanol–water partition coefficient (Wildman–Crippen LogP) is 4.94. The fraction of sp³-hybridized carbons (Fsp3) is 0.395. The van der Waals surface area contributed by atoms with Gasteiger partial charge in [0.1, 0.15) is 21.8 Å². The maximum absolute atomic E-state index is 13.8. The van der Waals surface area contributed by atoms with Crippen LogP contribution in [0.3, 0.4) is 0 Å². The number of hydrogen-bond acceptors (Lipinski definition) is 13. The number of aryl methyl sites for hydroxylation is 4. The summed E-state index contributed by atoms with van der Waals surface area (Å²) in [5.41, 5.74) is 16.0. The Morgan fingerprint density at radius 2 is 1.46 bits per heavy atom. The maximum atomic E-state index is 13.8. The van der Waals surface area contributed by atoms with Crippen LogP contribution in [0.1, 0.15) is 77.5 Å². The summed E-state index contributed by atoms with van der Waals surface area (Å²) in [5, 5.41) is 11.2. The van der Waals surface area contributed by atoms with Crippen LogP contribution in [0.25, 0.3) is 22.1 Å². The van der Waals surface area contributed by atoms with Crippen molar-refractivity contribution in [1.82, 2.24) is 43.7 Å². The van der Waals surface area contributed by atoms with Crippen LogP contribution in [0.5, 0.6) is 5.75 Å². The minimum atomic E-state index is -0.638. The minimum Gasteiger partial charge on any atom is -0.491 e. The number of likely N-dealkylation sites (N-methyl/N-ethyl adjacent to an activating group) is 1. The van der Waals surface area contributed by atoms with Gasteiger partial charge >= 0.3 is 0 Å². The number of thiazole rings is 1. The van der Waals surface area contributed by atoms with E-state index in [1.54, 1.807) is 35.0 Å². The number of carbonyl (C=O) groups is 4. The number of rotatable bonds is 18. The number of hydrogen-bond donors (Lipinski definition) is 4. The van der Waals surface area contributed by atoms with Gasteiger partial charge in [0.05, 0.1) is 39.6 Å². The van der Waals surface area contributed by atoms with E-state index in [4.69, 9.17) is 26.2 Å². The van der Waals surface area contributed by atoms with Crippen molar-refractivity contribution in [1.29, 1.82) is 0 Å². The summed E-state index contributed by atoms with van der Waals surface area (Å²) in [5.74, 6) is -1.07. The van der Waals surface area contributed by atoms with E-state index in [9.17, 15) is 19.2 Å². The Morgan fingerprint density at radius 1 is 0.841 bits per heavy atom. The zero-order valence-electron chi connectivity index (χ0n) is 36.4. The molecule has 0 atom stereocenters. The molecule has 2 aromatic carbocycles. The number of nitrogens with one attached hydrogen (secondary N) is 2. The highest BCUT2D eigenvalue weighted by Crippen LogP contribution is 2.33. The molecule has 1 fully saturated rings. The van der Waals surface area contributed by atoms with Crippen LogP contribution >= 0.6 is 23.1 Å². The summed E-state index contributed by atoms with van der Waals surface area (Å²) in [7, 11) is 2.12. The molecule has 0 bridgehead atoms. The van der Waals surface area contributed by atoms with E-state index in [2.05, 4.69) is 37.6 Å². The number of anilines is 2. The SMILES string of the molecule is CCc1nc(C)sc1C(=O)Nc1nc2cc(C(N)=O)cc(SC)c2n1C/C=C/Cn1c(NC(=O)c2cc(C)nn2CC)nc2cc(C(N)=O)cc(OCCCN3CCN(C)CC3)c21. The molecule has 0 radical (unpaired) electrons. The zero-order valence-corrected chi connectivity index (χ0v) is 38.0. The lowest BCUT2D eigenvalue weighted by atomic mass is 10.1. The normalized spacial score (nSPS) is 13.7. The van der Waals surface area contributed by atoms with Gasteiger partial charge in [0, 0.05) is 68.4 Å². The molecule has 6 aromatic rings. The van der Waals surface area contributed by atoms with E-state index in [1.165, 1.54) is 23.1 Å². The van der Waals surface area contributed by atoms with Gasteiger partial charge in [0.15, 0.2) is 0 Å². The standard InChI is InChI=1S/C43H53N13O5S2/c1-7-29-37(63-26(4)46-29)41(60)50-43-48-31-22-28(39(45)58)24-34(62-6)36(31)55(43)14-10-9-13-54-35-30(47-42(54)49-40(59)32-20-25(3)51-56(32)8-2)21-27(38(44)57)23-33(35)61-19-11-12-53-17-15-52(5)16-18-53/h9-10,20-24H,7-8,11-19H2,1-6H3,(H2,44,57)(H2,45,58)(H,47,49,59)(H,48,50,60)/b10-9+. The van der Waals surface area contributed by atoms with E-state index in [0.29, 0.717) is 74.9 Å². The lowest BCUT2D eigenvalue weighted by molar-refractivity contribution is 0.0991.